The Morgan fingerprint density at radius 2 is 1.76 bits per heavy atom. The summed E-state index contributed by atoms with van der Waals surface area (Å²) in [5, 5.41) is 11.1. The third-order valence-corrected chi connectivity index (χ3v) is 4.08. The summed E-state index contributed by atoms with van der Waals surface area (Å²) in [7, 11) is 1.61. The lowest BCUT2D eigenvalue weighted by Gasteiger charge is -2.39. The van der Waals surface area contributed by atoms with Crippen LogP contribution >= 0.6 is 11.6 Å². The molecule has 1 aromatic carbocycles. The zero-order valence-electron chi connectivity index (χ0n) is 10.6. The Bertz CT molecular complexity index is 464. The Hall–Kier alpha value is -0.770. The van der Waals surface area contributed by atoms with Crippen molar-refractivity contribution in [3.63, 3.8) is 0 Å². The lowest BCUT2D eigenvalue weighted by Crippen LogP contribution is -2.47. The number of aliphatic hydroxyl groups is 1. The molecule has 1 aliphatic heterocycles. The maximum atomic E-state index is 10.5. The molecular weight excluding hydrogens is 240 g/mol. The second kappa shape index (κ2) is 4.16. The van der Waals surface area contributed by atoms with Crippen molar-refractivity contribution in [1.82, 2.24) is 0 Å². The van der Waals surface area contributed by atoms with Crippen LogP contribution in [0.25, 0.3) is 0 Å². The van der Waals surface area contributed by atoms with Crippen molar-refractivity contribution in [3.8, 4) is 5.75 Å². The molecule has 1 fully saturated rings. The minimum Gasteiger partial charge on any atom is -0.496 e. The molecule has 0 spiro atoms. The third kappa shape index (κ3) is 1.73. The molecule has 2 rings (SSSR count). The van der Waals surface area contributed by atoms with Gasteiger partial charge in [-0.2, -0.15) is 0 Å². The topological polar surface area (TPSA) is 38.7 Å². The largest absolute Gasteiger partial charge is 0.496 e. The van der Waals surface area contributed by atoms with Crippen molar-refractivity contribution in [2.24, 2.45) is 0 Å². The van der Waals surface area contributed by atoms with E-state index in [1.165, 1.54) is 0 Å². The quantitative estimate of drug-likeness (QED) is 0.884. The minimum atomic E-state index is -0.961. The van der Waals surface area contributed by atoms with Gasteiger partial charge >= 0.3 is 0 Å². The standard InChI is InChI=1S/C13H17ClO3/c1-7-8(2)12(16-4)10(9(3)11(7)14)13(15)5-17-6-13/h15H,5-6H2,1-4H3. The molecule has 17 heavy (non-hydrogen) atoms. The number of hydrogen-bond donors (Lipinski definition) is 1. The fraction of sp³-hybridized carbons (Fsp3) is 0.538. The Morgan fingerprint density at radius 3 is 2.18 bits per heavy atom. The second-order valence-electron chi connectivity index (χ2n) is 4.62. The van der Waals surface area contributed by atoms with Crippen molar-refractivity contribution < 1.29 is 14.6 Å². The van der Waals surface area contributed by atoms with Gasteiger partial charge in [-0.3, -0.25) is 0 Å². The van der Waals surface area contributed by atoms with Crippen LogP contribution in [-0.4, -0.2) is 25.4 Å². The van der Waals surface area contributed by atoms with Crippen molar-refractivity contribution in [1.29, 1.82) is 0 Å². The Labute approximate surface area is 106 Å². The maximum Gasteiger partial charge on any atom is 0.140 e. The van der Waals surface area contributed by atoms with Gasteiger partial charge in [0.2, 0.25) is 0 Å². The molecule has 1 aromatic rings. The predicted molar refractivity (Wildman–Crippen MR) is 66.9 cm³/mol. The molecule has 1 aliphatic rings. The van der Waals surface area contributed by atoms with Crippen molar-refractivity contribution >= 4 is 11.6 Å². The number of halogens is 1. The van der Waals surface area contributed by atoms with Gasteiger partial charge in [0.25, 0.3) is 0 Å². The van der Waals surface area contributed by atoms with E-state index in [9.17, 15) is 5.11 Å². The van der Waals surface area contributed by atoms with Crippen molar-refractivity contribution in [2.45, 2.75) is 26.4 Å². The molecule has 0 atom stereocenters. The van der Waals surface area contributed by atoms with Crippen LogP contribution in [0.4, 0.5) is 0 Å². The first-order valence-corrected chi connectivity index (χ1v) is 5.94. The molecule has 1 heterocycles. The lowest BCUT2D eigenvalue weighted by atomic mass is 9.85. The summed E-state index contributed by atoms with van der Waals surface area (Å²) in [5.41, 5.74) is 2.64. The number of hydrogen-bond acceptors (Lipinski definition) is 3. The van der Waals surface area contributed by atoms with Crippen LogP contribution < -0.4 is 4.74 Å². The van der Waals surface area contributed by atoms with Crippen LogP contribution in [-0.2, 0) is 10.3 Å². The van der Waals surface area contributed by atoms with E-state index in [1.807, 2.05) is 20.8 Å². The summed E-state index contributed by atoms with van der Waals surface area (Å²) in [6, 6.07) is 0. The van der Waals surface area contributed by atoms with Crippen LogP contribution in [0.5, 0.6) is 5.75 Å². The fourth-order valence-electron chi connectivity index (χ4n) is 2.34. The summed E-state index contributed by atoms with van der Waals surface area (Å²) in [6.45, 7) is 6.40. The van der Waals surface area contributed by atoms with Crippen molar-refractivity contribution in [3.05, 3.63) is 27.3 Å². The smallest absolute Gasteiger partial charge is 0.140 e. The van der Waals surface area contributed by atoms with E-state index in [1.54, 1.807) is 7.11 Å². The van der Waals surface area contributed by atoms with Gasteiger partial charge in [-0.1, -0.05) is 11.6 Å². The highest BCUT2D eigenvalue weighted by atomic mass is 35.5. The van der Waals surface area contributed by atoms with E-state index in [0.717, 1.165) is 28.0 Å². The highest BCUT2D eigenvalue weighted by molar-refractivity contribution is 6.32. The highest BCUT2D eigenvalue weighted by Crippen LogP contribution is 2.44. The molecular formula is C13H17ClO3. The van der Waals surface area contributed by atoms with Gasteiger partial charge in [-0.25, -0.2) is 0 Å². The van der Waals surface area contributed by atoms with Crippen LogP contribution in [0.15, 0.2) is 0 Å². The molecule has 0 radical (unpaired) electrons. The molecule has 0 amide bonds. The Morgan fingerprint density at radius 1 is 1.18 bits per heavy atom. The predicted octanol–water partition coefficient (Wildman–Crippen LogP) is 2.49. The molecule has 0 aliphatic carbocycles. The summed E-state index contributed by atoms with van der Waals surface area (Å²) >= 11 is 6.30. The molecule has 0 unspecified atom stereocenters. The number of benzene rings is 1. The molecule has 4 heteroatoms. The summed E-state index contributed by atoms with van der Waals surface area (Å²) < 4.78 is 10.5. The zero-order valence-corrected chi connectivity index (χ0v) is 11.3. The average Bonchev–Trinajstić information content (AvgIpc) is 2.28. The van der Waals surface area contributed by atoms with Gasteiger partial charge in [0.15, 0.2) is 0 Å². The van der Waals surface area contributed by atoms with E-state index in [2.05, 4.69) is 0 Å². The van der Waals surface area contributed by atoms with Crippen molar-refractivity contribution in [2.75, 3.05) is 20.3 Å². The van der Waals surface area contributed by atoms with E-state index in [4.69, 9.17) is 21.1 Å². The first kappa shape index (κ1) is 12.7. The number of methoxy groups -OCH3 is 1. The normalized spacial score (nSPS) is 17.8. The number of rotatable bonds is 2. The van der Waals surface area contributed by atoms with Crippen LogP contribution in [0, 0.1) is 20.8 Å². The van der Waals surface area contributed by atoms with Crippen LogP contribution in [0.2, 0.25) is 5.02 Å². The molecule has 0 saturated carbocycles. The Kier molecular flexibility index (Phi) is 3.10. The van der Waals surface area contributed by atoms with Gasteiger partial charge in [0.1, 0.15) is 11.4 Å². The molecule has 0 aromatic heterocycles. The average molecular weight is 257 g/mol. The summed E-state index contributed by atoms with van der Waals surface area (Å²) in [6.07, 6.45) is 0. The first-order valence-electron chi connectivity index (χ1n) is 5.56. The molecule has 0 bridgehead atoms. The molecule has 3 nitrogen and oxygen atoms in total. The Balaban J connectivity index is 2.72. The van der Waals surface area contributed by atoms with E-state index in [0.29, 0.717) is 18.2 Å². The second-order valence-corrected chi connectivity index (χ2v) is 5.00. The van der Waals surface area contributed by atoms with E-state index >= 15 is 0 Å². The van der Waals surface area contributed by atoms with E-state index in [-0.39, 0.29) is 0 Å². The molecule has 1 saturated heterocycles. The summed E-state index contributed by atoms with van der Waals surface area (Å²) in [4.78, 5) is 0. The molecule has 1 N–H and O–H groups in total. The zero-order chi connectivity index (χ0) is 12.8. The fourth-order valence-corrected chi connectivity index (χ4v) is 2.58. The monoisotopic (exact) mass is 256 g/mol. The maximum absolute atomic E-state index is 10.5. The minimum absolute atomic E-state index is 0.295. The number of ether oxygens (including phenoxy) is 2. The SMILES string of the molecule is COc1c(C)c(C)c(Cl)c(C)c1C1(O)COC1. The van der Waals surface area contributed by atoms with Gasteiger partial charge in [0, 0.05) is 10.6 Å². The summed E-state index contributed by atoms with van der Waals surface area (Å²) in [5.74, 6) is 0.718. The highest BCUT2D eigenvalue weighted by Gasteiger charge is 2.42. The first-order chi connectivity index (χ1) is 7.92. The van der Waals surface area contributed by atoms with Gasteiger partial charge in [0.05, 0.1) is 20.3 Å². The van der Waals surface area contributed by atoms with Gasteiger partial charge in [-0.05, 0) is 37.5 Å². The molecule has 94 valence electrons. The lowest BCUT2D eigenvalue weighted by molar-refractivity contribution is -0.185. The van der Waals surface area contributed by atoms with E-state index < -0.39 is 5.60 Å². The van der Waals surface area contributed by atoms with Gasteiger partial charge < -0.3 is 14.6 Å². The van der Waals surface area contributed by atoms with Crippen LogP contribution in [0.1, 0.15) is 22.3 Å². The third-order valence-electron chi connectivity index (χ3n) is 3.51. The van der Waals surface area contributed by atoms with Gasteiger partial charge in [-0.15, -0.1) is 0 Å². The van der Waals surface area contributed by atoms with Crippen LogP contribution in [0.3, 0.4) is 0 Å².